The maximum Gasteiger partial charge on any atom is 0.268 e. The van der Waals surface area contributed by atoms with Gasteiger partial charge in [-0.05, 0) is 83.5 Å². The molecule has 3 unspecified atom stereocenters. The molecule has 3 atom stereocenters. The molecule has 0 aliphatic rings. The van der Waals surface area contributed by atoms with Crippen molar-refractivity contribution >= 4 is 13.7 Å². The Bertz CT molecular complexity index is 1270. The summed E-state index contributed by atoms with van der Waals surface area (Å²) in [5.41, 5.74) is 0. The third-order valence-corrected chi connectivity index (χ3v) is 9.42. The number of carbonyl (C=O) groups is 1. The van der Waals surface area contributed by atoms with Crippen LogP contribution >= 0.6 is 7.82 Å². The van der Waals surface area contributed by atoms with Gasteiger partial charge in [0, 0.05) is 6.42 Å². The molecule has 0 aromatic rings. The van der Waals surface area contributed by atoms with Crippen LogP contribution in [-0.4, -0.2) is 68.5 Å². The summed E-state index contributed by atoms with van der Waals surface area (Å²) in [6, 6.07) is -0.956. The highest BCUT2D eigenvalue weighted by atomic mass is 31.2. The number of nitrogens with one attached hydrogen (secondary N) is 1. The van der Waals surface area contributed by atoms with E-state index in [0.29, 0.717) is 23.9 Å². The average Bonchev–Trinajstić information content (AvgIpc) is 3.15. The minimum atomic E-state index is -4.63. The summed E-state index contributed by atoms with van der Waals surface area (Å²) in [6.07, 6.45) is 54.4. The molecule has 0 bridgehead atoms. The van der Waals surface area contributed by atoms with Crippen molar-refractivity contribution in [1.82, 2.24) is 5.32 Å². The van der Waals surface area contributed by atoms with Crippen LogP contribution < -0.4 is 10.2 Å². The van der Waals surface area contributed by atoms with Gasteiger partial charge in [-0.2, -0.15) is 0 Å². The van der Waals surface area contributed by atoms with E-state index in [2.05, 4.69) is 104 Å². The van der Waals surface area contributed by atoms with Gasteiger partial charge in [-0.3, -0.25) is 9.36 Å². The summed E-state index contributed by atoms with van der Waals surface area (Å²) in [5, 5.41) is 13.7. The molecule has 0 saturated carbocycles. The van der Waals surface area contributed by atoms with E-state index in [4.69, 9.17) is 9.05 Å². The fourth-order valence-corrected chi connectivity index (χ4v) is 5.81. The Kier molecular flexibility index (Phi) is 35.8. The van der Waals surface area contributed by atoms with Gasteiger partial charge in [-0.25, -0.2) is 0 Å². The van der Waals surface area contributed by atoms with Gasteiger partial charge in [0.2, 0.25) is 5.91 Å². The normalized spacial score (nSPS) is 15.5. The number of unbranched alkanes of at least 4 members (excludes halogenated alkanes) is 7. The number of phosphoric acid groups is 1. The number of aliphatic hydroxyl groups excluding tert-OH is 1. The lowest BCUT2D eigenvalue weighted by atomic mass is 10.1. The number of allylic oxidation sites excluding steroid dienone is 17. The molecule has 0 fully saturated rings. The molecular formula is C47H79N2O6P. The summed E-state index contributed by atoms with van der Waals surface area (Å²) < 4.78 is 23.1. The molecule has 0 rings (SSSR count). The zero-order valence-electron chi connectivity index (χ0n) is 35.8. The smallest absolute Gasteiger partial charge is 0.268 e. The van der Waals surface area contributed by atoms with Gasteiger partial charge in [-0.15, -0.1) is 0 Å². The highest BCUT2D eigenvalue weighted by Crippen LogP contribution is 2.38. The van der Waals surface area contributed by atoms with E-state index in [0.717, 1.165) is 64.2 Å². The van der Waals surface area contributed by atoms with E-state index in [1.165, 1.54) is 32.1 Å². The number of carbonyl (C=O) groups excluding carboxylic acids is 1. The number of aliphatic hydroxyl groups is 1. The van der Waals surface area contributed by atoms with Crippen LogP contribution in [0.4, 0.5) is 0 Å². The van der Waals surface area contributed by atoms with Gasteiger partial charge < -0.3 is 28.8 Å². The van der Waals surface area contributed by atoms with E-state index >= 15 is 0 Å². The van der Waals surface area contributed by atoms with Crippen molar-refractivity contribution in [3.05, 3.63) is 109 Å². The van der Waals surface area contributed by atoms with Crippen LogP contribution in [0.25, 0.3) is 0 Å². The zero-order chi connectivity index (χ0) is 41.4. The maximum absolute atomic E-state index is 12.8. The predicted molar refractivity (Wildman–Crippen MR) is 237 cm³/mol. The summed E-state index contributed by atoms with van der Waals surface area (Å²) in [6.45, 7) is 4.39. The molecule has 0 saturated heterocycles. The van der Waals surface area contributed by atoms with Crippen molar-refractivity contribution < 1.29 is 32.9 Å². The number of amides is 1. The zero-order valence-corrected chi connectivity index (χ0v) is 36.7. The first-order valence-electron chi connectivity index (χ1n) is 21.2. The molecule has 0 aliphatic heterocycles. The highest BCUT2D eigenvalue weighted by molar-refractivity contribution is 7.45. The van der Waals surface area contributed by atoms with E-state index < -0.39 is 26.6 Å². The summed E-state index contributed by atoms with van der Waals surface area (Å²) in [5.74, 6) is -0.300. The molecule has 8 nitrogen and oxygen atoms in total. The number of hydrogen-bond donors (Lipinski definition) is 2. The minimum absolute atomic E-state index is 0.0291. The molecule has 0 aliphatic carbocycles. The predicted octanol–water partition coefficient (Wildman–Crippen LogP) is 11.1. The van der Waals surface area contributed by atoms with Crippen molar-refractivity contribution in [2.75, 3.05) is 40.9 Å². The number of quaternary nitrogens is 1. The Morgan fingerprint density at radius 2 is 1.11 bits per heavy atom. The Morgan fingerprint density at radius 3 is 1.62 bits per heavy atom. The van der Waals surface area contributed by atoms with Crippen molar-refractivity contribution in [1.29, 1.82) is 0 Å². The standard InChI is InChI=1S/C47H79N2O6P/c1-6-8-10-12-14-16-18-20-22-23-24-25-27-29-31-33-35-37-39-41-47(51)48-45(44-55-56(52,53)54-43-42-49(3,4)5)46(50)40-38-36-34-32-30-28-26-21-19-17-15-13-11-9-7-2/h8,10,14,16,19-22,24-25,29-32,35,37-38,40,45-46,50H,6-7,9,11-13,15,17-18,23,26-28,33-34,36,39,41-44H2,1-5H3,(H-,48,51,52,53)/b10-8-,16-14-,21-19+,22-20-,25-24-,31-29-,32-30+,37-35-,40-38+. The molecule has 1 amide bonds. The molecule has 0 spiro atoms. The molecule has 0 aromatic heterocycles. The summed E-state index contributed by atoms with van der Waals surface area (Å²) >= 11 is 0. The Hall–Kier alpha value is -2.84. The number of nitrogens with zero attached hydrogens (tertiary/aromatic N) is 1. The Morgan fingerprint density at radius 1 is 0.643 bits per heavy atom. The van der Waals surface area contributed by atoms with E-state index in [1.807, 2.05) is 39.4 Å². The fraction of sp³-hybridized carbons (Fsp3) is 0.596. The number of phosphoric ester groups is 1. The molecule has 0 aromatic carbocycles. The van der Waals surface area contributed by atoms with Crippen molar-refractivity contribution in [3.8, 4) is 0 Å². The van der Waals surface area contributed by atoms with Gasteiger partial charge in [-0.1, -0.05) is 149 Å². The van der Waals surface area contributed by atoms with Gasteiger partial charge in [0.05, 0.1) is 39.9 Å². The number of hydrogen-bond acceptors (Lipinski definition) is 6. The topological polar surface area (TPSA) is 108 Å². The van der Waals surface area contributed by atoms with Gasteiger partial charge in [0.1, 0.15) is 13.2 Å². The SMILES string of the molecule is CC/C=C\C/C=C\C/C=C\C/C=C\C/C=C\C/C=C\CCC(=O)NC(COP(=O)([O-])OCC[N+](C)(C)C)C(O)/C=C/CC/C=C/CC/C=C/CCCCCCC. The first-order chi connectivity index (χ1) is 27.0. The molecular weight excluding hydrogens is 719 g/mol. The Balaban J connectivity index is 4.70. The lowest BCUT2D eigenvalue weighted by Crippen LogP contribution is -2.45. The second-order valence-corrected chi connectivity index (χ2v) is 16.3. The fourth-order valence-electron chi connectivity index (χ4n) is 5.09. The number of likely N-dealkylation sites (N-methyl/N-ethyl adjacent to an activating group) is 1. The van der Waals surface area contributed by atoms with Crippen LogP contribution in [0, 0.1) is 0 Å². The van der Waals surface area contributed by atoms with Gasteiger partial charge >= 0.3 is 0 Å². The molecule has 318 valence electrons. The summed E-state index contributed by atoms with van der Waals surface area (Å²) in [4.78, 5) is 25.2. The maximum atomic E-state index is 12.8. The highest BCUT2D eigenvalue weighted by Gasteiger charge is 2.23. The first kappa shape index (κ1) is 53.2. The van der Waals surface area contributed by atoms with E-state index in [-0.39, 0.29) is 18.9 Å². The lowest BCUT2D eigenvalue weighted by molar-refractivity contribution is -0.870. The monoisotopic (exact) mass is 799 g/mol. The van der Waals surface area contributed by atoms with Gasteiger partial charge in [0.15, 0.2) is 0 Å². The molecule has 0 radical (unpaired) electrons. The van der Waals surface area contributed by atoms with Crippen molar-refractivity contribution in [2.45, 2.75) is 142 Å². The molecule has 56 heavy (non-hydrogen) atoms. The van der Waals surface area contributed by atoms with Gasteiger partial charge in [0.25, 0.3) is 7.82 Å². The van der Waals surface area contributed by atoms with Crippen LogP contribution in [0.2, 0.25) is 0 Å². The lowest BCUT2D eigenvalue weighted by Gasteiger charge is -2.29. The Labute approximate surface area is 342 Å². The number of rotatable bonds is 36. The van der Waals surface area contributed by atoms with Crippen molar-refractivity contribution in [2.24, 2.45) is 0 Å². The van der Waals surface area contributed by atoms with Crippen molar-refractivity contribution in [3.63, 3.8) is 0 Å². The molecule has 0 heterocycles. The van der Waals surface area contributed by atoms with E-state index in [1.54, 1.807) is 6.08 Å². The third-order valence-electron chi connectivity index (χ3n) is 8.46. The molecule has 2 N–H and O–H groups in total. The van der Waals surface area contributed by atoms with Crippen LogP contribution in [-0.2, 0) is 18.4 Å². The largest absolute Gasteiger partial charge is 0.756 e. The van der Waals surface area contributed by atoms with E-state index in [9.17, 15) is 19.4 Å². The third kappa shape index (κ3) is 39.4. The second kappa shape index (κ2) is 37.7. The second-order valence-electron chi connectivity index (χ2n) is 14.9. The first-order valence-corrected chi connectivity index (χ1v) is 22.7. The quantitative estimate of drug-likeness (QED) is 0.0283. The van der Waals surface area contributed by atoms with Crippen LogP contribution in [0.15, 0.2) is 109 Å². The average molecular weight is 799 g/mol. The van der Waals surface area contributed by atoms with Crippen LogP contribution in [0.5, 0.6) is 0 Å². The van der Waals surface area contributed by atoms with Crippen LogP contribution in [0.1, 0.15) is 129 Å². The minimum Gasteiger partial charge on any atom is -0.756 e. The summed E-state index contributed by atoms with van der Waals surface area (Å²) in [7, 11) is 1.16. The van der Waals surface area contributed by atoms with Crippen LogP contribution in [0.3, 0.4) is 0 Å². The molecule has 9 heteroatoms.